The van der Waals surface area contributed by atoms with Crippen LogP contribution in [0.1, 0.15) is 38.6 Å². The van der Waals surface area contributed by atoms with Gasteiger partial charge in [-0.2, -0.15) is 0 Å². The quantitative estimate of drug-likeness (QED) is 0.157. The molecule has 0 spiro atoms. The Kier molecular flexibility index (Phi) is 7.50. The maximum atomic E-state index is 15.0. The minimum Gasteiger partial charge on any atom is -0.326 e. The summed E-state index contributed by atoms with van der Waals surface area (Å²) in [5.41, 5.74) is 1.44. The number of rotatable bonds is 8. The number of imidazole rings is 1. The third kappa shape index (κ3) is 5.58. The number of benzene rings is 3. The molecule has 3 aromatic carbocycles. The first-order valence-electron chi connectivity index (χ1n) is 14.0. The predicted octanol–water partition coefficient (Wildman–Crippen LogP) is 7.42. The molecule has 3 N–H and O–H groups in total. The molecular formula is C32H28ClF2N7O2. The maximum absolute atomic E-state index is 15.0. The van der Waals surface area contributed by atoms with E-state index in [2.05, 4.69) is 30.9 Å². The van der Waals surface area contributed by atoms with Crippen molar-refractivity contribution in [1.29, 1.82) is 0 Å². The Balaban J connectivity index is 1.16. The number of nitrogens with zero attached hydrogens (tertiary/aromatic N) is 4. The summed E-state index contributed by atoms with van der Waals surface area (Å²) in [6, 6.07) is 16.3. The van der Waals surface area contributed by atoms with E-state index in [-0.39, 0.29) is 34.7 Å². The Bertz CT molecular complexity index is 1900. The smallest absolute Gasteiger partial charge is 0.240 e. The number of anilines is 4. The topological polar surface area (TPSA) is 114 Å². The molecule has 0 saturated heterocycles. The number of hydrogen-bond donors (Lipinski definition) is 3. The predicted molar refractivity (Wildman–Crippen MR) is 166 cm³/mol. The molecule has 9 nitrogen and oxygen atoms in total. The highest BCUT2D eigenvalue weighted by Crippen LogP contribution is 2.47. The molecule has 2 heterocycles. The zero-order valence-electron chi connectivity index (χ0n) is 24.1. The van der Waals surface area contributed by atoms with Crippen LogP contribution in [0.4, 0.5) is 31.8 Å². The summed E-state index contributed by atoms with van der Waals surface area (Å²) in [5.74, 6) is -1.28. The molecular weight excluding hydrogens is 588 g/mol. The number of fused-ring (bicyclic) bond motifs is 1. The minimum absolute atomic E-state index is 0.0243. The molecule has 1 aliphatic rings. The van der Waals surface area contributed by atoms with Crippen molar-refractivity contribution >= 4 is 57.5 Å². The summed E-state index contributed by atoms with van der Waals surface area (Å²) in [4.78, 5) is 38.6. The van der Waals surface area contributed by atoms with Gasteiger partial charge in [-0.25, -0.2) is 23.7 Å². The van der Waals surface area contributed by atoms with E-state index in [1.165, 1.54) is 6.07 Å². The number of aromatic nitrogens is 4. The number of nitrogens with one attached hydrogen (secondary N) is 3. The molecule has 2 amide bonds. The molecule has 1 saturated carbocycles. The van der Waals surface area contributed by atoms with Crippen molar-refractivity contribution in [3.63, 3.8) is 0 Å². The Morgan fingerprint density at radius 3 is 2.07 bits per heavy atom. The average Bonchev–Trinajstić information content (AvgIpc) is 3.73. The molecule has 0 atom stereocenters. The second kappa shape index (κ2) is 11.3. The van der Waals surface area contributed by atoms with E-state index in [0.717, 1.165) is 6.20 Å². The van der Waals surface area contributed by atoms with Crippen molar-refractivity contribution in [2.45, 2.75) is 39.7 Å². The van der Waals surface area contributed by atoms with Crippen LogP contribution in [-0.2, 0) is 9.59 Å². The van der Waals surface area contributed by atoms with Crippen molar-refractivity contribution in [2.75, 3.05) is 16.0 Å². The summed E-state index contributed by atoms with van der Waals surface area (Å²) >= 11 is 5.90. The van der Waals surface area contributed by atoms with Gasteiger partial charge in [-0.15, -0.1) is 0 Å². The number of amides is 2. The van der Waals surface area contributed by atoms with Crippen molar-refractivity contribution in [2.24, 2.45) is 5.41 Å². The van der Waals surface area contributed by atoms with Crippen LogP contribution in [0, 0.1) is 24.0 Å². The Hall–Kier alpha value is -4.90. The van der Waals surface area contributed by atoms with Gasteiger partial charge in [0.2, 0.25) is 17.8 Å². The van der Waals surface area contributed by atoms with Crippen LogP contribution in [0.15, 0.2) is 66.9 Å². The summed E-state index contributed by atoms with van der Waals surface area (Å²) < 4.78 is 31.8. The van der Waals surface area contributed by atoms with Crippen molar-refractivity contribution < 1.29 is 18.4 Å². The molecule has 0 unspecified atom stereocenters. The summed E-state index contributed by atoms with van der Waals surface area (Å²) in [7, 11) is 0. The molecule has 224 valence electrons. The molecule has 0 radical (unpaired) electrons. The van der Waals surface area contributed by atoms with Crippen LogP contribution in [-0.4, -0.2) is 31.3 Å². The normalized spacial score (nSPS) is 13.6. The average molecular weight is 616 g/mol. The van der Waals surface area contributed by atoms with E-state index in [4.69, 9.17) is 11.6 Å². The second-order valence-electron chi connectivity index (χ2n) is 11.0. The largest absolute Gasteiger partial charge is 0.326 e. The number of carbonyl (C=O) groups excluding carboxylic acids is 2. The Labute approximate surface area is 256 Å². The first-order chi connectivity index (χ1) is 21.0. The Morgan fingerprint density at radius 1 is 0.886 bits per heavy atom. The van der Waals surface area contributed by atoms with E-state index in [1.54, 1.807) is 61.5 Å². The van der Waals surface area contributed by atoms with Gasteiger partial charge in [0.1, 0.15) is 22.5 Å². The van der Waals surface area contributed by atoms with Gasteiger partial charge < -0.3 is 20.5 Å². The summed E-state index contributed by atoms with van der Waals surface area (Å²) in [5, 5.41) is 9.15. The lowest BCUT2D eigenvalue weighted by atomic mass is 10.0. The zero-order chi connectivity index (χ0) is 31.2. The van der Waals surface area contributed by atoms with E-state index >= 15 is 4.39 Å². The zero-order valence-corrected chi connectivity index (χ0v) is 24.8. The lowest BCUT2D eigenvalue weighted by Gasteiger charge is -2.16. The van der Waals surface area contributed by atoms with Crippen LogP contribution in [0.5, 0.6) is 0 Å². The monoisotopic (exact) mass is 615 g/mol. The van der Waals surface area contributed by atoms with E-state index in [1.807, 2.05) is 18.4 Å². The Morgan fingerprint density at radius 2 is 1.48 bits per heavy atom. The van der Waals surface area contributed by atoms with Crippen LogP contribution >= 0.6 is 11.6 Å². The highest BCUT2D eigenvalue weighted by atomic mass is 35.5. The van der Waals surface area contributed by atoms with Crippen LogP contribution in [0.2, 0.25) is 5.02 Å². The molecule has 0 bridgehead atoms. The first-order valence-corrected chi connectivity index (χ1v) is 14.4. The van der Waals surface area contributed by atoms with Gasteiger partial charge in [0.05, 0.1) is 11.7 Å². The lowest BCUT2D eigenvalue weighted by molar-refractivity contribution is -0.131. The van der Waals surface area contributed by atoms with Crippen LogP contribution in [0.3, 0.4) is 0 Å². The van der Waals surface area contributed by atoms with Crippen LogP contribution < -0.4 is 16.0 Å². The summed E-state index contributed by atoms with van der Waals surface area (Å²) in [6.45, 7) is 5.73. The van der Waals surface area contributed by atoms with E-state index in [0.29, 0.717) is 46.3 Å². The number of hydrogen-bond acceptors (Lipinski definition) is 6. The molecule has 1 fully saturated rings. The standard InChI is InChI=1S/C32H28ClF2N7O2/c1-17(2)42-18(3)37-28-24(34)14-19(15-26(28)42)27-25(35)16-36-31(41-27)40-23-10-8-22(9-11-23)39-30(44)32(12-13-32)29(43)38-21-6-4-20(33)5-7-21/h4-11,14-17H,12-13H2,1-3H3,(H,38,43)(H,39,44)(H,36,40,41). The van der Waals surface area contributed by atoms with Crippen molar-refractivity contribution in [1.82, 2.24) is 19.5 Å². The maximum Gasteiger partial charge on any atom is 0.240 e. The van der Waals surface area contributed by atoms with Gasteiger partial charge in [-0.3, -0.25) is 9.59 Å². The molecule has 0 aliphatic heterocycles. The fourth-order valence-corrected chi connectivity index (χ4v) is 5.30. The molecule has 5 aromatic rings. The number of carbonyl (C=O) groups is 2. The minimum atomic E-state index is -1.14. The molecule has 44 heavy (non-hydrogen) atoms. The van der Waals surface area contributed by atoms with Gasteiger partial charge >= 0.3 is 0 Å². The summed E-state index contributed by atoms with van der Waals surface area (Å²) in [6.07, 6.45) is 1.91. The fraction of sp³-hybridized carbons (Fsp3) is 0.219. The van der Waals surface area contributed by atoms with Gasteiger partial charge in [-0.1, -0.05) is 11.6 Å². The highest BCUT2D eigenvalue weighted by molar-refractivity contribution is 6.30. The van der Waals surface area contributed by atoms with Gasteiger partial charge in [0.15, 0.2) is 11.6 Å². The van der Waals surface area contributed by atoms with Gasteiger partial charge in [0, 0.05) is 33.7 Å². The molecule has 2 aromatic heterocycles. The third-order valence-corrected chi connectivity index (χ3v) is 7.83. The van der Waals surface area contributed by atoms with Gasteiger partial charge in [-0.05, 0) is 94.3 Å². The number of halogens is 3. The van der Waals surface area contributed by atoms with E-state index in [9.17, 15) is 14.0 Å². The molecule has 6 rings (SSSR count). The molecule has 12 heteroatoms. The SMILES string of the molecule is Cc1nc2c(F)cc(-c3nc(Nc4ccc(NC(=O)C5(C(=O)Nc6ccc(Cl)cc6)CC5)cc4)ncc3F)cc2n1C(C)C. The van der Waals surface area contributed by atoms with Crippen molar-refractivity contribution in [3.8, 4) is 11.3 Å². The number of aryl methyl sites for hydroxylation is 1. The van der Waals surface area contributed by atoms with Crippen molar-refractivity contribution in [3.05, 3.63) is 89.3 Å². The first kappa shape index (κ1) is 29.2. The lowest BCUT2D eigenvalue weighted by Crippen LogP contribution is -2.35. The van der Waals surface area contributed by atoms with Gasteiger partial charge in [0.25, 0.3) is 0 Å². The highest BCUT2D eigenvalue weighted by Gasteiger charge is 2.56. The second-order valence-corrected chi connectivity index (χ2v) is 11.5. The third-order valence-electron chi connectivity index (χ3n) is 7.58. The van der Waals surface area contributed by atoms with E-state index < -0.39 is 23.0 Å². The van der Waals surface area contributed by atoms with Crippen LogP contribution in [0.25, 0.3) is 22.3 Å². The molecule has 1 aliphatic carbocycles. The fourth-order valence-electron chi connectivity index (χ4n) is 5.17.